The molecule has 0 aliphatic rings. The topological polar surface area (TPSA) is 59.3 Å². The third-order valence-electron chi connectivity index (χ3n) is 3.35. The maximum absolute atomic E-state index is 12.3. The number of nitrogens with zero attached hydrogens (tertiary/aromatic N) is 1. The van der Waals surface area contributed by atoms with Crippen LogP contribution in [0.1, 0.15) is 27.2 Å². The summed E-state index contributed by atoms with van der Waals surface area (Å²) in [5.41, 5.74) is 2.42. The van der Waals surface area contributed by atoms with Crippen LogP contribution < -0.4 is 5.56 Å². The van der Waals surface area contributed by atoms with Crippen molar-refractivity contribution in [3.05, 3.63) is 61.5 Å². The van der Waals surface area contributed by atoms with Crippen LogP contribution in [0.3, 0.4) is 0 Å². The predicted molar refractivity (Wildman–Crippen MR) is 80.9 cm³/mol. The fraction of sp³-hybridized carbons (Fsp3) is 0.200. The van der Waals surface area contributed by atoms with E-state index in [1.807, 2.05) is 19.1 Å². The lowest BCUT2D eigenvalue weighted by molar-refractivity contribution is 0.0694. The molecule has 0 radical (unpaired) electrons. The Morgan fingerprint density at radius 1 is 1.25 bits per heavy atom. The summed E-state index contributed by atoms with van der Waals surface area (Å²) >= 11 is 3.42. The smallest absolute Gasteiger partial charge is 0.337 e. The first kappa shape index (κ1) is 14.5. The number of carbonyl (C=O) groups is 1. The van der Waals surface area contributed by atoms with Crippen LogP contribution in [0.15, 0.2) is 33.5 Å². The van der Waals surface area contributed by atoms with Crippen molar-refractivity contribution in [3.63, 3.8) is 0 Å². The second-order valence-electron chi connectivity index (χ2n) is 4.65. The second-order valence-corrected chi connectivity index (χ2v) is 5.50. The molecule has 2 rings (SSSR count). The number of hydrogen-bond donors (Lipinski definition) is 1. The van der Waals surface area contributed by atoms with Crippen molar-refractivity contribution >= 4 is 21.9 Å². The minimum atomic E-state index is -1.03. The number of aryl methyl sites for hydroxylation is 1. The molecule has 0 bridgehead atoms. The van der Waals surface area contributed by atoms with Gasteiger partial charge in [0.15, 0.2) is 0 Å². The first-order valence-electron chi connectivity index (χ1n) is 6.06. The quantitative estimate of drug-likeness (QED) is 0.916. The van der Waals surface area contributed by atoms with E-state index in [4.69, 9.17) is 0 Å². The summed E-state index contributed by atoms with van der Waals surface area (Å²) in [5, 5.41) is 9.31. The molecule has 0 aliphatic carbocycles. The van der Waals surface area contributed by atoms with Gasteiger partial charge in [0.2, 0.25) is 0 Å². The third kappa shape index (κ3) is 2.29. The highest BCUT2D eigenvalue weighted by Gasteiger charge is 2.17. The number of benzene rings is 1. The van der Waals surface area contributed by atoms with Gasteiger partial charge in [0.1, 0.15) is 0 Å². The summed E-state index contributed by atoms with van der Waals surface area (Å²) in [7, 11) is 0. The Bertz CT molecular complexity index is 762. The van der Waals surface area contributed by atoms with Crippen molar-refractivity contribution in [1.29, 1.82) is 0 Å². The zero-order valence-corrected chi connectivity index (χ0v) is 13.0. The van der Waals surface area contributed by atoms with Crippen molar-refractivity contribution in [1.82, 2.24) is 4.57 Å². The van der Waals surface area contributed by atoms with Crippen molar-refractivity contribution in [2.75, 3.05) is 0 Å². The summed E-state index contributed by atoms with van der Waals surface area (Å²) in [6.07, 6.45) is 0. The number of pyridine rings is 1. The summed E-state index contributed by atoms with van der Waals surface area (Å²) in [6.45, 7) is 5.17. The van der Waals surface area contributed by atoms with Crippen LogP contribution in [0, 0.1) is 20.8 Å². The highest BCUT2D eigenvalue weighted by molar-refractivity contribution is 9.10. The highest BCUT2D eigenvalue weighted by atomic mass is 79.9. The fourth-order valence-corrected chi connectivity index (χ4v) is 2.70. The van der Waals surface area contributed by atoms with E-state index in [9.17, 15) is 14.7 Å². The van der Waals surface area contributed by atoms with Gasteiger partial charge in [-0.3, -0.25) is 9.36 Å². The highest BCUT2D eigenvalue weighted by Crippen LogP contribution is 2.24. The summed E-state index contributed by atoms with van der Waals surface area (Å²) in [4.78, 5) is 23.6. The molecule has 5 heteroatoms. The van der Waals surface area contributed by atoms with Gasteiger partial charge in [-0.1, -0.05) is 22.0 Å². The average molecular weight is 336 g/mol. The molecular weight excluding hydrogens is 322 g/mol. The van der Waals surface area contributed by atoms with Crippen LogP contribution >= 0.6 is 15.9 Å². The SMILES string of the molecule is Cc1cc(=O)n(-c2cccc(Br)c2C)c(C)c1C(=O)O. The molecule has 0 fully saturated rings. The zero-order valence-electron chi connectivity index (χ0n) is 11.4. The van der Waals surface area contributed by atoms with Gasteiger partial charge >= 0.3 is 5.97 Å². The van der Waals surface area contributed by atoms with E-state index in [1.54, 1.807) is 19.9 Å². The Balaban J connectivity index is 2.88. The molecule has 2 aromatic rings. The number of aromatic carboxylic acids is 1. The molecule has 1 aromatic heterocycles. The summed E-state index contributed by atoms with van der Waals surface area (Å²) in [6, 6.07) is 6.86. The Kier molecular flexibility index (Phi) is 3.81. The largest absolute Gasteiger partial charge is 0.478 e. The Morgan fingerprint density at radius 3 is 2.50 bits per heavy atom. The molecule has 0 unspecified atom stereocenters. The molecule has 0 spiro atoms. The average Bonchev–Trinajstić information content (AvgIpc) is 2.33. The van der Waals surface area contributed by atoms with E-state index in [-0.39, 0.29) is 11.1 Å². The Hall–Kier alpha value is -1.88. The maximum Gasteiger partial charge on any atom is 0.337 e. The van der Waals surface area contributed by atoms with E-state index in [2.05, 4.69) is 15.9 Å². The lowest BCUT2D eigenvalue weighted by Crippen LogP contribution is -2.24. The van der Waals surface area contributed by atoms with Crippen molar-refractivity contribution in [3.8, 4) is 5.69 Å². The molecule has 1 aromatic carbocycles. The first-order chi connectivity index (χ1) is 9.34. The molecular formula is C15H14BrNO3. The van der Waals surface area contributed by atoms with Crippen LogP contribution in [0.2, 0.25) is 0 Å². The molecule has 104 valence electrons. The lowest BCUT2D eigenvalue weighted by atomic mass is 10.1. The van der Waals surface area contributed by atoms with E-state index in [0.29, 0.717) is 16.9 Å². The third-order valence-corrected chi connectivity index (χ3v) is 4.20. The van der Waals surface area contributed by atoms with Crippen molar-refractivity contribution < 1.29 is 9.90 Å². The van der Waals surface area contributed by atoms with Gasteiger partial charge in [-0.2, -0.15) is 0 Å². The molecule has 1 heterocycles. The predicted octanol–water partition coefficient (Wildman–Crippen LogP) is 3.22. The number of rotatable bonds is 2. The van der Waals surface area contributed by atoms with E-state index < -0.39 is 5.97 Å². The number of hydrogen-bond acceptors (Lipinski definition) is 2. The van der Waals surface area contributed by atoms with E-state index >= 15 is 0 Å². The number of halogens is 1. The Morgan fingerprint density at radius 2 is 1.90 bits per heavy atom. The molecule has 0 amide bonds. The van der Waals surface area contributed by atoms with Gasteiger partial charge in [-0.25, -0.2) is 4.79 Å². The first-order valence-corrected chi connectivity index (χ1v) is 6.86. The summed E-state index contributed by atoms with van der Waals surface area (Å²) < 4.78 is 2.31. The number of carboxylic acid groups (broad SMARTS) is 1. The summed E-state index contributed by atoms with van der Waals surface area (Å²) in [5.74, 6) is -1.03. The molecule has 20 heavy (non-hydrogen) atoms. The molecule has 0 saturated heterocycles. The van der Waals surface area contributed by atoms with Crippen LogP contribution in [0.5, 0.6) is 0 Å². The molecule has 0 aliphatic heterocycles. The maximum atomic E-state index is 12.3. The Labute approximate surface area is 124 Å². The van der Waals surface area contributed by atoms with Gasteiger partial charge in [0.05, 0.1) is 11.3 Å². The molecule has 4 nitrogen and oxygen atoms in total. The number of carboxylic acids is 1. The van der Waals surface area contributed by atoms with Crippen LogP contribution in [-0.2, 0) is 0 Å². The van der Waals surface area contributed by atoms with E-state index in [0.717, 1.165) is 10.0 Å². The molecule has 0 atom stereocenters. The lowest BCUT2D eigenvalue weighted by Gasteiger charge is -2.16. The minimum Gasteiger partial charge on any atom is -0.478 e. The minimum absolute atomic E-state index is 0.170. The van der Waals surface area contributed by atoms with Gasteiger partial charge in [-0.15, -0.1) is 0 Å². The van der Waals surface area contributed by atoms with Gasteiger partial charge in [-0.05, 0) is 44.0 Å². The number of aromatic nitrogens is 1. The van der Waals surface area contributed by atoms with Crippen LogP contribution in [0.25, 0.3) is 5.69 Å². The van der Waals surface area contributed by atoms with Crippen LogP contribution in [0.4, 0.5) is 0 Å². The van der Waals surface area contributed by atoms with Crippen LogP contribution in [-0.4, -0.2) is 15.6 Å². The van der Waals surface area contributed by atoms with Gasteiger partial charge in [0.25, 0.3) is 5.56 Å². The van der Waals surface area contributed by atoms with Crippen molar-refractivity contribution in [2.45, 2.75) is 20.8 Å². The molecule has 0 saturated carbocycles. The standard InChI is InChI=1S/C15H14BrNO3/c1-8-7-13(18)17(10(3)14(8)15(19)20)12-6-4-5-11(16)9(12)2/h4-7H,1-3H3,(H,19,20). The van der Waals surface area contributed by atoms with Gasteiger partial charge in [0, 0.05) is 16.2 Å². The van der Waals surface area contributed by atoms with E-state index in [1.165, 1.54) is 10.6 Å². The molecule has 1 N–H and O–H groups in total. The zero-order chi connectivity index (χ0) is 15.0. The second kappa shape index (κ2) is 5.25. The van der Waals surface area contributed by atoms with Crippen molar-refractivity contribution in [2.24, 2.45) is 0 Å². The normalized spacial score (nSPS) is 10.6. The van der Waals surface area contributed by atoms with Gasteiger partial charge < -0.3 is 5.11 Å². The monoisotopic (exact) mass is 335 g/mol. The fourth-order valence-electron chi connectivity index (χ4n) is 2.35.